The van der Waals surface area contributed by atoms with Gasteiger partial charge in [0.1, 0.15) is 17.9 Å². The van der Waals surface area contributed by atoms with Crippen LogP contribution >= 0.6 is 0 Å². The first-order valence-electron chi connectivity index (χ1n) is 10.9. The molecule has 0 bridgehead atoms. The number of ether oxygens (including phenoxy) is 2. The van der Waals surface area contributed by atoms with E-state index in [0.717, 1.165) is 10.8 Å². The van der Waals surface area contributed by atoms with E-state index in [2.05, 4.69) is 5.32 Å². The zero-order chi connectivity index (χ0) is 24.7. The molecular formula is C25H28N2O6S. The summed E-state index contributed by atoms with van der Waals surface area (Å²) >= 11 is 0. The highest BCUT2D eigenvalue weighted by Crippen LogP contribution is 2.26. The van der Waals surface area contributed by atoms with Crippen LogP contribution in [-0.2, 0) is 14.8 Å². The summed E-state index contributed by atoms with van der Waals surface area (Å²) in [6.07, 6.45) is 0. The Morgan fingerprint density at radius 1 is 0.941 bits per heavy atom. The van der Waals surface area contributed by atoms with E-state index in [9.17, 15) is 18.0 Å². The summed E-state index contributed by atoms with van der Waals surface area (Å²) < 4.78 is 37.1. The van der Waals surface area contributed by atoms with Crippen LogP contribution in [0, 0.1) is 0 Å². The summed E-state index contributed by atoms with van der Waals surface area (Å²) in [6.45, 7) is 4.34. The molecule has 180 valence electrons. The highest BCUT2D eigenvalue weighted by molar-refractivity contribution is 7.89. The Labute approximate surface area is 199 Å². The Hall–Kier alpha value is -3.43. The second-order valence-corrected chi connectivity index (χ2v) is 9.34. The third kappa shape index (κ3) is 5.55. The van der Waals surface area contributed by atoms with Crippen molar-refractivity contribution in [2.75, 3.05) is 33.4 Å². The predicted molar refractivity (Wildman–Crippen MR) is 130 cm³/mol. The molecule has 0 aliphatic carbocycles. The first kappa shape index (κ1) is 25.2. The summed E-state index contributed by atoms with van der Waals surface area (Å²) in [4.78, 5) is 25.1. The van der Waals surface area contributed by atoms with E-state index >= 15 is 0 Å². The molecule has 9 heteroatoms. The second kappa shape index (κ2) is 11.1. The summed E-state index contributed by atoms with van der Waals surface area (Å²) in [5.74, 6) is -0.540. The van der Waals surface area contributed by atoms with Crippen LogP contribution in [-0.4, -0.2) is 58.0 Å². The van der Waals surface area contributed by atoms with E-state index in [1.165, 1.54) is 35.7 Å². The fraction of sp³-hybridized carbons (Fsp3) is 0.280. The first-order chi connectivity index (χ1) is 16.3. The second-order valence-electron chi connectivity index (χ2n) is 7.41. The van der Waals surface area contributed by atoms with Crippen molar-refractivity contribution in [2.24, 2.45) is 0 Å². The zero-order valence-corrected chi connectivity index (χ0v) is 20.2. The number of esters is 1. The third-order valence-corrected chi connectivity index (χ3v) is 7.43. The minimum Gasteiger partial charge on any atom is -0.496 e. The van der Waals surface area contributed by atoms with Crippen molar-refractivity contribution in [2.45, 2.75) is 18.7 Å². The predicted octanol–water partition coefficient (Wildman–Crippen LogP) is 3.47. The number of methoxy groups -OCH3 is 1. The van der Waals surface area contributed by atoms with Crippen LogP contribution in [0.15, 0.2) is 65.6 Å². The molecule has 1 amide bonds. The van der Waals surface area contributed by atoms with Crippen molar-refractivity contribution >= 4 is 32.7 Å². The van der Waals surface area contributed by atoms with Gasteiger partial charge in [-0.2, -0.15) is 4.31 Å². The molecule has 0 aliphatic heterocycles. The van der Waals surface area contributed by atoms with Gasteiger partial charge in [-0.05, 0) is 47.2 Å². The van der Waals surface area contributed by atoms with Crippen molar-refractivity contribution in [3.05, 3.63) is 71.8 Å². The van der Waals surface area contributed by atoms with Gasteiger partial charge in [0.25, 0.3) is 5.91 Å². The van der Waals surface area contributed by atoms with Gasteiger partial charge in [0, 0.05) is 18.7 Å². The first-order valence-corrected chi connectivity index (χ1v) is 12.4. The van der Waals surface area contributed by atoms with Gasteiger partial charge in [0.05, 0.1) is 18.6 Å². The molecule has 0 aromatic heterocycles. The summed E-state index contributed by atoms with van der Waals surface area (Å²) in [5, 5.41) is 4.49. The summed E-state index contributed by atoms with van der Waals surface area (Å²) in [6, 6.07) is 16.8. The Morgan fingerprint density at radius 3 is 2.15 bits per heavy atom. The average molecular weight is 485 g/mol. The molecule has 0 unspecified atom stereocenters. The number of nitrogens with zero attached hydrogens (tertiary/aromatic N) is 1. The van der Waals surface area contributed by atoms with Gasteiger partial charge in [0.2, 0.25) is 10.0 Å². The summed E-state index contributed by atoms with van der Waals surface area (Å²) in [7, 11) is -2.10. The number of sulfonamides is 1. The van der Waals surface area contributed by atoms with Crippen LogP contribution in [0.3, 0.4) is 0 Å². The van der Waals surface area contributed by atoms with E-state index in [-0.39, 0.29) is 18.0 Å². The molecule has 0 aliphatic rings. The number of benzene rings is 3. The molecule has 8 nitrogen and oxygen atoms in total. The number of carbonyl (C=O) groups is 2. The topological polar surface area (TPSA) is 102 Å². The minimum absolute atomic E-state index is 0.0328. The van der Waals surface area contributed by atoms with Gasteiger partial charge in [-0.3, -0.25) is 4.79 Å². The van der Waals surface area contributed by atoms with Gasteiger partial charge < -0.3 is 14.8 Å². The Balaban J connectivity index is 1.56. The number of hydrogen-bond donors (Lipinski definition) is 1. The molecule has 0 fully saturated rings. The largest absolute Gasteiger partial charge is 0.496 e. The lowest BCUT2D eigenvalue weighted by atomic mass is 10.1. The maximum atomic E-state index is 12.6. The standard InChI is InChI=1S/C25H28N2O6S/c1-4-27(5-2)34(30,31)21-12-10-18(11-13-21)24(28)26-14-15-33-25(29)22-16-19-8-6-7-9-20(19)17-23(22)32-3/h6-13,16-17H,4-5,14-15H2,1-3H3,(H,26,28). The van der Waals surface area contributed by atoms with E-state index in [1.807, 2.05) is 24.3 Å². The zero-order valence-electron chi connectivity index (χ0n) is 19.4. The van der Waals surface area contributed by atoms with Crippen LogP contribution in [0.1, 0.15) is 34.6 Å². The molecule has 34 heavy (non-hydrogen) atoms. The summed E-state index contributed by atoms with van der Waals surface area (Å²) in [5.41, 5.74) is 0.610. The van der Waals surface area contributed by atoms with Gasteiger partial charge in [-0.25, -0.2) is 13.2 Å². The van der Waals surface area contributed by atoms with Crippen molar-refractivity contribution < 1.29 is 27.5 Å². The van der Waals surface area contributed by atoms with Gasteiger partial charge >= 0.3 is 5.97 Å². The van der Waals surface area contributed by atoms with E-state index in [1.54, 1.807) is 26.0 Å². The van der Waals surface area contributed by atoms with Crippen LogP contribution in [0.5, 0.6) is 5.75 Å². The fourth-order valence-corrected chi connectivity index (χ4v) is 4.98. The number of amides is 1. The van der Waals surface area contributed by atoms with Crippen molar-refractivity contribution in [1.29, 1.82) is 0 Å². The molecule has 3 aromatic rings. The van der Waals surface area contributed by atoms with Gasteiger partial charge in [-0.15, -0.1) is 0 Å². The monoisotopic (exact) mass is 484 g/mol. The highest BCUT2D eigenvalue weighted by atomic mass is 32.2. The molecule has 0 radical (unpaired) electrons. The number of nitrogens with one attached hydrogen (secondary N) is 1. The molecule has 0 spiro atoms. The van der Waals surface area contributed by atoms with Gasteiger partial charge in [0.15, 0.2) is 0 Å². The van der Waals surface area contributed by atoms with E-state index < -0.39 is 21.9 Å². The number of hydrogen-bond acceptors (Lipinski definition) is 6. The smallest absolute Gasteiger partial charge is 0.342 e. The van der Waals surface area contributed by atoms with Crippen LogP contribution in [0.2, 0.25) is 0 Å². The lowest BCUT2D eigenvalue weighted by Crippen LogP contribution is -2.31. The van der Waals surface area contributed by atoms with Crippen LogP contribution in [0.25, 0.3) is 10.8 Å². The number of fused-ring (bicyclic) bond motifs is 1. The third-order valence-electron chi connectivity index (χ3n) is 5.37. The number of carbonyl (C=O) groups excluding carboxylic acids is 2. The molecule has 1 N–H and O–H groups in total. The minimum atomic E-state index is -3.59. The van der Waals surface area contributed by atoms with Crippen molar-refractivity contribution in [3.63, 3.8) is 0 Å². The van der Waals surface area contributed by atoms with Crippen LogP contribution < -0.4 is 10.1 Å². The highest BCUT2D eigenvalue weighted by Gasteiger charge is 2.21. The molecule has 3 aromatic carbocycles. The fourth-order valence-electron chi connectivity index (χ4n) is 3.53. The normalized spacial score (nSPS) is 11.4. The lowest BCUT2D eigenvalue weighted by Gasteiger charge is -2.18. The maximum absolute atomic E-state index is 12.6. The van der Waals surface area contributed by atoms with Gasteiger partial charge in [-0.1, -0.05) is 38.1 Å². The molecule has 0 saturated carbocycles. The molecule has 0 heterocycles. The number of rotatable bonds is 10. The molecular weight excluding hydrogens is 456 g/mol. The average Bonchev–Trinajstić information content (AvgIpc) is 2.86. The molecule has 0 atom stereocenters. The quantitative estimate of drug-likeness (QED) is 0.349. The van der Waals surface area contributed by atoms with E-state index in [0.29, 0.717) is 30.0 Å². The Kier molecular flexibility index (Phi) is 8.25. The molecule has 3 rings (SSSR count). The lowest BCUT2D eigenvalue weighted by molar-refractivity contribution is 0.0500. The van der Waals surface area contributed by atoms with Crippen LogP contribution in [0.4, 0.5) is 0 Å². The molecule has 0 saturated heterocycles. The van der Waals surface area contributed by atoms with Crippen molar-refractivity contribution in [3.8, 4) is 5.75 Å². The Morgan fingerprint density at radius 2 is 1.56 bits per heavy atom. The SMILES string of the molecule is CCN(CC)S(=O)(=O)c1ccc(C(=O)NCCOC(=O)c2cc3ccccc3cc2OC)cc1. The Bertz CT molecular complexity index is 1270. The maximum Gasteiger partial charge on any atom is 0.342 e. The van der Waals surface area contributed by atoms with E-state index in [4.69, 9.17) is 9.47 Å². The van der Waals surface area contributed by atoms with Crippen molar-refractivity contribution in [1.82, 2.24) is 9.62 Å².